The van der Waals surface area contributed by atoms with Crippen molar-refractivity contribution in [1.82, 2.24) is 9.55 Å². The first kappa shape index (κ1) is 10.1. The molecule has 1 heterocycles. The third-order valence-electron chi connectivity index (χ3n) is 1.49. The van der Waals surface area contributed by atoms with Crippen molar-refractivity contribution in [2.75, 3.05) is 0 Å². The highest BCUT2D eigenvalue weighted by Crippen LogP contribution is 2.17. The van der Waals surface area contributed by atoms with E-state index in [4.69, 9.17) is 0 Å². The van der Waals surface area contributed by atoms with Crippen molar-refractivity contribution < 1.29 is 0 Å². The molecule has 12 heavy (non-hydrogen) atoms. The van der Waals surface area contributed by atoms with Gasteiger partial charge in [-0.25, -0.2) is 4.98 Å². The van der Waals surface area contributed by atoms with Gasteiger partial charge in [-0.15, -0.1) is 0 Å². The van der Waals surface area contributed by atoms with E-state index in [-0.39, 0.29) is 0 Å². The fourth-order valence-corrected chi connectivity index (χ4v) is 2.10. The highest BCUT2D eigenvalue weighted by atomic mass is 79.9. The van der Waals surface area contributed by atoms with Crippen LogP contribution in [-0.4, -0.2) is 14.8 Å². The molecular formula is C8H13BrN2S. The van der Waals surface area contributed by atoms with Gasteiger partial charge in [0.15, 0.2) is 0 Å². The minimum absolute atomic E-state index is 0.667. The first-order valence-electron chi connectivity index (χ1n) is 3.89. The second kappa shape index (κ2) is 4.33. The number of nitrogens with zero attached hydrogens (tertiary/aromatic N) is 2. The summed E-state index contributed by atoms with van der Waals surface area (Å²) in [6, 6.07) is 0. The van der Waals surface area contributed by atoms with Gasteiger partial charge >= 0.3 is 0 Å². The van der Waals surface area contributed by atoms with E-state index in [1.807, 2.05) is 25.0 Å². The standard InChI is InChI=1S/C8H13BrN2S/c1-6(2)12-5-8-10-7(9)4-11(8)3/h4,6H,5H2,1-3H3. The molecule has 0 unspecified atom stereocenters. The molecule has 0 aliphatic carbocycles. The Balaban J connectivity index is 2.57. The van der Waals surface area contributed by atoms with Crippen LogP contribution in [0.4, 0.5) is 0 Å². The summed E-state index contributed by atoms with van der Waals surface area (Å²) in [6.07, 6.45) is 1.98. The predicted octanol–water partition coefficient (Wildman–Crippen LogP) is 2.82. The quantitative estimate of drug-likeness (QED) is 0.819. The van der Waals surface area contributed by atoms with E-state index in [2.05, 4.69) is 39.3 Å². The van der Waals surface area contributed by atoms with Crippen molar-refractivity contribution in [2.24, 2.45) is 7.05 Å². The van der Waals surface area contributed by atoms with E-state index in [1.54, 1.807) is 0 Å². The highest BCUT2D eigenvalue weighted by Gasteiger charge is 2.03. The Morgan fingerprint density at radius 1 is 1.67 bits per heavy atom. The number of hydrogen-bond acceptors (Lipinski definition) is 2. The summed E-state index contributed by atoms with van der Waals surface area (Å²) in [5.74, 6) is 2.11. The highest BCUT2D eigenvalue weighted by molar-refractivity contribution is 9.10. The summed E-state index contributed by atoms with van der Waals surface area (Å²) in [5, 5.41) is 0.667. The molecule has 2 nitrogen and oxygen atoms in total. The molecule has 0 fully saturated rings. The summed E-state index contributed by atoms with van der Waals surface area (Å²) in [5.41, 5.74) is 0. The Morgan fingerprint density at radius 3 is 2.75 bits per heavy atom. The molecule has 0 saturated heterocycles. The van der Waals surface area contributed by atoms with Crippen molar-refractivity contribution in [3.05, 3.63) is 16.6 Å². The Kier molecular flexibility index (Phi) is 3.65. The fourth-order valence-electron chi connectivity index (χ4n) is 0.841. The SMILES string of the molecule is CC(C)SCc1nc(Br)cn1C. The van der Waals surface area contributed by atoms with Crippen LogP contribution in [-0.2, 0) is 12.8 Å². The molecule has 0 N–H and O–H groups in total. The molecule has 0 amide bonds. The minimum Gasteiger partial charge on any atom is -0.336 e. The van der Waals surface area contributed by atoms with E-state index >= 15 is 0 Å². The summed E-state index contributed by atoms with van der Waals surface area (Å²) in [6.45, 7) is 4.39. The van der Waals surface area contributed by atoms with Crippen LogP contribution in [0.2, 0.25) is 0 Å². The third-order valence-corrected chi connectivity index (χ3v) is 2.96. The Labute approximate surface area is 85.9 Å². The molecule has 4 heteroatoms. The molecule has 1 aromatic rings. The summed E-state index contributed by atoms with van der Waals surface area (Å²) in [7, 11) is 2.02. The lowest BCUT2D eigenvalue weighted by Gasteiger charge is -2.03. The molecule has 0 atom stereocenters. The van der Waals surface area contributed by atoms with Crippen molar-refractivity contribution in [3.63, 3.8) is 0 Å². The van der Waals surface area contributed by atoms with Gasteiger partial charge in [-0.05, 0) is 21.2 Å². The van der Waals surface area contributed by atoms with Crippen LogP contribution >= 0.6 is 27.7 Å². The smallest absolute Gasteiger partial charge is 0.124 e. The number of rotatable bonds is 3. The lowest BCUT2D eigenvalue weighted by Crippen LogP contribution is -1.97. The van der Waals surface area contributed by atoms with Gasteiger partial charge in [-0.2, -0.15) is 11.8 Å². The van der Waals surface area contributed by atoms with Crippen LogP contribution in [0.1, 0.15) is 19.7 Å². The van der Waals surface area contributed by atoms with Crippen LogP contribution in [0.25, 0.3) is 0 Å². The third kappa shape index (κ3) is 2.83. The maximum atomic E-state index is 4.34. The number of imidazole rings is 1. The minimum atomic E-state index is 0.667. The number of aromatic nitrogens is 2. The normalized spacial score (nSPS) is 11.1. The molecule has 0 spiro atoms. The topological polar surface area (TPSA) is 17.8 Å². The molecular weight excluding hydrogens is 236 g/mol. The zero-order valence-electron chi connectivity index (χ0n) is 7.54. The van der Waals surface area contributed by atoms with Gasteiger partial charge in [0.1, 0.15) is 10.4 Å². The molecule has 0 bridgehead atoms. The number of aryl methyl sites for hydroxylation is 1. The van der Waals surface area contributed by atoms with Gasteiger partial charge in [0, 0.05) is 13.2 Å². The number of thioether (sulfide) groups is 1. The van der Waals surface area contributed by atoms with Crippen LogP contribution in [0.5, 0.6) is 0 Å². The van der Waals surface area contributed by atoms with Crippen LogP contribution < -0.4 is 0 Å². The number of hydrogen-bond donors (Lipinski definition) is 0. The average Bonchev–Trinajstić information content (AvgIpc) is 2.26. The molecule has 0 aromatic carbocycles. The van der Waals surface area contributed by atoms with Gasteiger partial charge in [0.25, 0.3) is 0 Å². The monoisotopic (exact) mass is 248 g/mol. The van der Waals surface area contributed by atoms with Crippen molar-refractivity contribution in [3.8, 4) is 0 Å². The molecule has 68 valence electrons. The molecule has 0 aliphatic heterocycles. The Hall–Kier alpha value is 0.0400. The number of halogens is 1. The first-order chi connectivity index (χ1) is 5.59. The summed E-state index contributed by atoms with van der Waals surface area (Å²) >= 11 is 5.26. The van der Waals surface area contributed by atoms with Gasteiger partial charge in [-0.3, -0.25) is 0 Å². The fraction of sp³-hybridized carbons (Fsp3) is 0.625. The maximum absolute atomic E-state index is 4.34. The van der Waals surface area contributed by atoms with Crippen molar-refractivity contribution in [2.45, 2.75) is 24.9 Å². The zero-order chi connectivity index (χ0) is 9.14. The summed E-state index contributed by atoms with van der Waals surface area (Å²) < 4.78 is 2.98. The maximum Gasteiger partial charge on any atom is 0.124 e. The van der Waals surface area contributed by atoms with Crippen molar-refractivity contribution >= 4 is 27.7 Å². The Bertz CT molecular complexity index is 258. The van der Waals surface area contributed by atoms with Crippen molar-refractivity contribution in [1.29, 1.82) is 0 Å². The van der Waals surface area contributed by atoms with Crippen LogP contribution in [0.3, 0.4) is 0 Å². The molecule has 0 radical (unpaired) electrons. The van der Waals surface area contributed by atoms with Gasteiger partial charge in [0.2, 0.25) is 0 Å². The molecule has 0 saturated carbocycles. The second-order valence-electron chi connectivity index (χ2n) is 2.95. The van der Waals surface area contributed by atoms with Crippen LogP contribution in [0, 0.1) is 0 Å². The van der Waals surface area contributed by atoms with Crippen LogP contribution in [0.15, 0.2) is 10.8 Å². The van der Waals surface area contributed by atoms with Gasteiger partial charge in [0.05, 0.1) is 5.75 Å². The van der Waals surface area contributed by atoms with E-state index in [1.165, 1.54) is 0 Å². The zero-order valence-corrected chi connectivity index (χ0v) is 9.94. The first-order valence-corrected chi connectivity index (χ1v) is 5.73. The molecule has 1 aromatic heterocycles. The largest absolute Gasteiger partial charge is 0.336 e. The van der Waals surface area contributed by atoms with E-state index in [0.717, 1.165) is 16.2 Å². The van der Waals surface area contributed by atoms with E-state index < -0.39 is 0 Å². The molecule has 1 rings (SSSR count). The Morgan fingerprint density at radius 2 is 2.33 bits per heavy atom. The average molecular weight is 249 g/mol. The lowest BCUT2D eigenvalue weighted by molar-refractivity contribution is 0.848. The van der Waals surface area contributed by atoms with Gasteiger partial charge in [-0.1, -0.05) is 13.8 Å². The van der Waals surface area contributed by atoms with Gasteiger partial charge < -0.3 is 4.57 Å². The predicted molar refractivity (Wildman–Crippen MR) is 57.3 cm³/mol. The molecule has 0 aliphatic rings. The summed E-state index contributed by atoms with van der Waals surface area (Å²) in [4.78, 5) is 4.34. The lowest BCUT2D eigenvalue weighted by atomic mass is 10.6. The van der Waals surface area contributed by atoms with E-state index in [9.17, 15) is 0 Å². The van der Waals surface area contributed by atoms with E-state index in [0.29, 0.717) is 5.25 Å². The second-order valence-corrected chi connectivity index (χ2v) is 5.33.